The summed E-state index contributed by atoms with van der Waals surface area (Å²) < 4.78 is 1.83. The fourth-order valence-electron chi connectivity index (χ4n) is 4.30. The van der Waals surface area contributed by atoms with Gasteiger partial charge in [0.1, 0.15) is 16.9 Å². The molecule has 0 atom stereocenters. The lowest BCUT2D eigenvalue weighted by atomic mass is 9.95. The van der Waals surface area contributed by atoms with Crippen molar-refractivity contribution < 1.29 is 9.59 Å². The van der Waals surface area contributed by atoms with Crippen LogP contribution < -0.4 is 5.56 Å². The zero-order chi connectivity index (χ0) is 21.5. The number of fused-ring (bicyclic) bond motifs is 2. The number of carbonyl (C=O) groups is 2. The highest BCUT2D eigenvalue weighted by molar-refractivity contribution is 5.96. The van der Waals surface area contributed by atoms with Gasteiger partial charge in [0, 0.05) is 44.8 Å². The highest BCUT2D eigenvalue weighted by Crippen LogP contribution is 2.23. The Morgan fingerprint density at radius 1 is 1.13 bits per heavy atom. The summed E-state index contributed by atoms with van der Waals surface area (Å²) in [5.41, 5.74) is 3.59. The van der Waals surface area contributed by atoms with Gasteiger partial charge in [0.05, 0.1) is 0 Å². The van der Waals surface area contributed by atoms with Crippen molar-refractivity contribution in [2.75, 3.05) is 19.6 Å². The van der Waals surface area contributed by atoms with E-state index in [9.17, 15) is 14.4 Å². The summed E-state index contributed by atoms with van der Waals surface area (Å²) >= 11 is 0. The van der Waals surface area contributed by atoms with E-state index in [0.717, 1.165) is 28.8 Å². The first-order valence-corrected chi connectivity index (χ1v) is 10.4. The second-order valence-electron chi connectivity index (χ2n) is 8.08. The van der Waals surface area contributed by atoms with E-state index in [1.807, 2.05) is 41.8 Å². The minimum atomic E-state index is -0.367. The third-order valence-electron chi connectivity index (χ3n) is 5.97. The molecule has 2 aliphatic heterocycles. The van der Waals surface area contributed by atoms with Crippen LogP contribution in [0.3, 0.4) is 0 Å². The molecule has 31 heavy (non-hydrogen) atoms. The zero-order valence-corrected chi connectivity index (χ0v) is 17.3. The molecule has 2 aliphatic rings. The van der Waals surface area contributed by atoms with Crippen LogP contribution in [0.5, 0.6) is 0 Å². The molecule has 0 aliphatic carbocycles. The number of aromatic nitrogens is 3. The van der Waals surface area contributed by atoms with E-state index in [-0.39, 0.29) is 22.9 Å². The molecule has 2 amide bonds. The van der Waals surface area contributed by atoms with Crippen LogP contribution in [0, 0.1) is 6.92 Å². The molecule has 0 radical (unpaired) electrons. The van der Waals surface area contributed by atoms with Crippen LogP contribution in [0.25, 0.3) is 5.65 Å². The Balaban J connectivity index is 1.42. The number of hydrogen-bond donors (Lipinski definition) is 1. The van der Waals surface area contributed by atoms with Crippen LogP contribution in [-0.2, 0) is 13.0 Å². The fourth-order valence-corrected chi connectivity index (χ4v) is 4.30. The number of pyridine rings is 2. The minimum Gasteiger partial charge on any atom is -0.334 e. The van der Waals surface area contributed by atoms with Crippen molar-refractivity contribution in [2.45, 2.75) is 26.3 Å². The van der Waals surface area contributed by atoms with Gasteiger partial charge in [0.2, 0.25) is 0 Å². The van der Waals surface area contributed by atoms with Gasteiger partial charge in [-0.2, -0.15) is 0 Å². The topological polar surface area (TPSA) is 90.8 Å². The van der Waals surface area contributed by atoms with Gasteiger partial charge in [-0.1, -0.05) is 12.2 Å². The van der Waals surface area contributed by atoms with E-state index < -0.39 is 0 Å². The van der Waals surface area contributed by atoms with E-state index in [0.29, 0.717) is 38.3 Å². The van der Waals surface area contributed by atoms with Crippen LogP contribution in [0.2, 0.25) is 0 Å². The van der Waals surface area contributed by atoms with Crippen LogP contribution >= 0.6 is 0 Å². The third-order valence-corrected chi connectivity index (χ3v) is 5.97. The van der Waals surface area contributed by atoms with E-state index in [1.165, 1.54) is 0 Å². The van der Waals surface area contributed by atoms with Crippen molar-refractivity contribution in [1.82, 2.24) is 24.2 Å². The number of aromatic amines is 1. The molecule has 5 rings (SSSR count). The molecule has 0 bridgehead atoms. The normalized spacial score (nSPS) is 15.9. The summed E-state index contributed by atoms with van der Waals surface area (Å²) in [4.78, 5) is 49.2. The van der Waals surface area contributed by atoms with Gasteiger partial charge >= 0.3 is 0 Å². The van der Waals surface area contributed by atoms with Crippen LogP contribution in [0.1, 0.15) is 44.0 Å². The monoisotopic (exact) mass is 417 g/mol. The molecule has 158 valence electrons. The summed E-state index contributed by atoms with van der Waals surface area (Å²) in [5.74, 6) is -0.398. The van der Waals surface area contributed by atoms with Crippen molar-refractivity contribution in [1.29, 1.82) is 0 Å². The molecule has 0 unspecified atom stereocenters. The van der Waals surface area contributed by atoms with Gasteiger partial charge < -0.3 is 19.2 Å². The van der Waals surface area contributed by atoms with Crippen molar-refractivity contribution in [3.05, 3.63) is 81.2 Å². The van der Waals surface area contributed by atoms with E-state index in [1.54, 1.807) is 22.2 Å². The Morgan fingerprint density at radius 3 is 2.81 bits per heavy atom. The fraction of sp³-hybridized carbons (Fsp3) is 0.304. The number of H-pyrrole nitrogens is 1. The standard InChI is InChI=1S/C23H23N5O3/c1-15-5-9-27-14-18(25-19(27)11-15)22(30)28-10-6-17-16(13-28)12-24-21(29)20(17)23(31)26-7-3-2-4-8-26/h2-3,5,9,11-12,14H,4,6-8,10,13H2,1H3,(H,24,29). The number of nitrogens with zero attached hydrogens (tertiary/aromatic N) is 4. The Labute approximate surface area is 178 Å². The van der Waals surface area contributed by atoms with Crippen molar-refractivity contribution in [2.24, 2.45) is 0 Å². The van der Waals surface area contributed by atoms with Crippen LogP contribution in [0.15, 0.2) is 47.7 Å². The number of aryl methyl sites for hydroxylation is 1. The molecule has 8 nitrogen and oxygen atoms in total. The average Bonchev–Trinajstić information content (AvgIpc) is 3.21. The van der Waals surface area contributed by atoms with Gasteiger partial charge in [-0.3, -0.25) is 14.4 Å². The van der Waals surface area contributed by atoms with Gasteiger partial charge in [-0.05, 0) is 48.6 Å². The van der Waals surface area contributed by atoms with E-state index in [2.05, 4.69) is 9.97 Å². The Morgan fingerprint density at radius 2 is 2.00 bits per heavy atom. The molecular weight excluding hydrogens is 394 g/mol. The Hall–Kier alpha value is -3.68. The molecule has 5 heterocycles. The molecule has 3 aromatic rings. The van der Waals surface area contributed by atoms with Gasteiger partial charge in [-0.25, -0.2) is 4.98 Å². The second-order valence-corrected chi connectivity index (χ2v) is 8.08. The lowest BCUT2D eigenvalue weighted by Crippen LogP contribution is -2.41. The maximum atomic E-state index is 13.1. The SMILES string of the molecule is Cc1ccn2cc(C(=O)N3CCc4c(c[nH]c(=O)c4C(=O)N4CC=CCC4)C3)nc2c1. The van der Waals surface area contributed by atoms with Gasteiger partial charge in [-0.15, -0.1) is 0 Å². The number of hydrogen-bond acceptors (Lipinski definition) is 4. The first-order valence-electron chi connectivity index (χ1n) is 10.4. The minimum absolute atomic E-state index is 0.160. The number of rotatable bonds is 2. The first kappa shape index (κ1) is 19.3. The Bertz CT molecular complexity index is 1290. The van der Waals surface area contributed by atoms with E-state index in [4.69, 9.17) is 0 Å². The number of imidazole rings is 1. The summed E-state index contributed by atoms with van der Waals surface area (Å²) in [5, 5.41) is 0. The third kappa shape index (κ3) is 3.43. The highest BCUT2D eigenvalue weighted by Gasteiger charge is 2.30. The van der Waals surface area contributed by atoms with Crippen molar-refractivity contribution >= 4 is 17.5 Å². The smallest absolute Gasteiger partial charge is 0.274 e. The van der Waals surface area contributed by atoms with Crippen molar-refractivity contribution in [3.63, 3.8) is 0 Å². The number of nitrogens with one attached hydrogen (secondary N) is 1. The predicted octanol–water partition coefficient (Wildman–Crippen LogP) is 1.93. The summed E-state index contributed by atoms with van der Waals surface area (Å²) in [7, 11) is 0. The molecular formula is C23H23N5O3. The van der Waals surface area contributed by atoms with Crippen LogP contribution in [0.4, 0.5) is 0 Å². The number of amides is 2. The molecule has 3 aromatic heterocycles. The zero-order valence-electron chi connectivity index (χ0n) is 17.3. The lowest BCUT2D eigenvalue weighted by Gasteiger charge is -2.30. The number of carbonyl (C=O) groups excluding carboxylic acids is 2. The lowest BCUT2D eigenvalue weighted by molar-refractivity contribution is 0.0727. The molecule has 0 aromatic carbocycles. The highest BCUT2D eigenvalue weighted by atomic mass is 16.2. The first-order chi connectivity index (χ1) is 15.0. The van der Waals surface area contributed by atoms with Crippen molar-refractivity contribution in [3.8, 4) is 0 Å². The maximum absolute atomic E-state index is 13.1. The van der Waals surface area contributed by atoms with Crippen LogP contribution in [-0.4, -0.2) is 55.6 Å². The van der Waals surface area contributed by atoms with Gasteiger partial charge in [0.25, 0.3) is 17.4 Å². The van der Waals surface area contributed by atoms with E-state index >= 15 is 0 Å². The quantitative estimate of drug-likeness (QED) is 0.645. The predicted molar refractivity (Wildman–Crippen MR) is 115 cm³/mol. The molecule has 0 fully saturated rings. The van der Waals surface area contributed by atoms with Gasteiger partial charge in [0.15, 0.2) is 0 Å². The molecule has 8 heteroatoms. The second kappa shape index (κ2) is 7.54. The maximum Gasteiger partial charge on any atom is 0.274 e. The summed E-state index contributed by atoms with van der Waals surface area (Å²) in [6.07, 6.45) is 10.5. The Kier molecular flexibility index (Phi) is 4.69. The largest absolute Gasteiger partial charge is 0.334 e. The summed E-state index contributed by atoms with van der Waals surface area (Å²) in [6, 6.07) is 3.90. The molecule has 1 N–H and O–H groups in total. The summed E-state index contributed by atoms with van der Waals surface area (Å²) in [6.45, 7) is 3.87. The molecule has 0 saturated carbocycles. The molecule has 0 saturated heterocycles. The average molecular weight is 417 g/mol. The molecule has 0 spiro atoms.